The quantitative estimate of drug-likeness (QED) is 0.362. The minimum Gasteiger partial charge on any atom is -0.497 e. The van der Waals surface area contributed by atoms with Crippen molar-refractivity contribution >= 4 is 37.5 Å². The fourth-order valence-electron chi connectivity index (χ4n) is 3.62. The number of nitrogens with zero attached hydrogens (tertiary/aromatic N) is 1. The highest BCUT2D eigenvalue weighted by Crippen LogP contribution is 2.27. The molecule has 0 aliphatic heterocycles. The van der Waals surface area contributed by atoms with Gasteiger partial charge in [0.15, 0.2) is 0 Å². The maximum atomic E-state index is 13.5. The van der Waals surface area contributed by atoms with E-state index in [1.165, 1.54) is 12.1 Å². The molecule has 6 nitrogen and oxygen atoms in total. The monoisotopic (exact) mass is 544 g/mol. The van der Waals surface area contributed by atoms with Crippen LogP contribution in [0.3, 0.4) is 0 Å². The molecule has 1 N–H and O–H groups in total. The summed E-state index contributed by atoms with van der Waals surface area (Å²) in [5, 5.41) is 3.04. The summed E-state index contributed by atoms with van der Waals surface area (Å²) in [5.74, 6) is 0.663. The lowest BCUT2D eigenvalue weighted by Gasteiger charge is -2.27. The average molecular weight is 545 g/mol. The number of sulfonamides is 1. The Bertz CT molecular complexity index is 1200. The lowest BCUT2D eigenvalue weighted by Crippen LogP contribution is -2.42. The van der Waals surface area contributed by atoms with Crippen molar-refractivity contribution in [2.45, 2.75) is 31.2 Å². The van der Waals surface area contributed by atoms with Crippen LogP contribution in [0.5, 0.6) is 5.75 Å². The molecule has 8 heteroatoms. The molecule has 0 spiro atoms. The number of nitrogens with one attached hydrogen (secondary N) is 1. The summed E-state index contributed by atoms with van der Waals surface area (Å²) in [6.45, 7) is 3.81. The number of methoxy groups -OCH3 is 1. The molecule has 0 saturated carbocycles. The Balaban J connectivity index is 1.90. The number of carbonyl (C=O) groups is 1. The zero-order valence-corrected chi connectivity index (χ0v) is 21.8. The van der Waals surface area contributed by atoms with Crippen LogP contribution in [0.1, 0.15) is 31.9 Å². The van der Waals surface area contributed by atoms with Crippen LogP contribution in [0.2, 0.25) is 0 Å². The van der Waals surface area contributed by atoms with E-state index in [2.05, 4.69) is 35.1 Å². The Morgan fingerprint density at radius 3 is 2.26 bits per heavy atom. The van der Waals surface area contributed by atoms with Gasteiger partial charge in [0.25, 0.3) is 10.0 Å². The largest absolute Gasteiger partial charge is 0.497 e. The number of halogens is 1. The molecular formula is C26H29BrN2O4S. The van der Waals surface area contributed by atoms with Crippen LogP contribution >= 0.6 is 15.9 Å². The Morgan fingerprint density at radius 1 is 1.00 bits per heavy atom. The molecule has 3 rings (SSSR count). The van der Waals surface area contributed by atoms with Gasteiger partial charge >= 0.3 is 0 Å². The normalized spacial score (nSPS) is 12.3. The molecule has 1 amide bonds. The summed E-state index contributed by atoms with van der Waals surface area (Å²) in [5.41, 5.74) is 1.33. The van der Waals surface area contributed by atoms with Crippen LogP contribution in [0.4, 0.5) is 5.69 Å². The number of benzene rings is 3. The first kappa shape index (κ1) is 25.8. The number of rotatable bonds is 10. The highest BCUT2D eigenvalue weighted by Gasteiger charge is 2.28. The maximum absolute atomic E-state index is 13.5. The predicted molar refractivity (Wildman–Crippen MR) is 138 cm³/mol. The third-order valence-electron chi connectivity index (χ3n) is 5.28. The predicted octanol–water partition coefficient (Wildman–Crippen LogP) is 5.56. The van der Waals surface area contributed by atoms with Gasteiger partial charge in [-0.2, -0.15) is 0 Å². The number of amides is 1. The Hall–Kier alpha value is -2.84. The summed E-state index contributed by atoms with van der Waals surface area (Å²) in [6, 6.07) is 22.3. The molecule has 3 aromatic rings. The smallest absolute Gasteiger partial charge is 0.264 e. The molecule has 0 bridgehead atoms. The summed E-state index contributed by atoms with van der Waals surface area (Å²) in [6.07, 6.45) is 0.709. The fraction of sp³-hybridized carbons (Fsp3) is 0.269. The molecule has 0 unspecified atom stereocenters. The van der Waals surface area contributed by atoms with E-state index in [1.54, 1.807) is 49.6 Å². The van der Waals surface area contributed by atoms with Gasteiger partial charge in [-0.05, 0) is 60.4 Å². The van der Waals surface area contributed by atoms with E-state index in [1.807, 2.05) is 24.3 Å². The van der Waals surface area contributed by atoms with Crippen LogP contribution in [0, 0.1) is 5.92 Å². The minimum absolute atomic E-state index is 0.122. The summed E-state index contributed by atoms with van der Waals surface area (Å²) >= 11 is 3.40. The van der Waals surface area contributed by atoms with Gasteiger partial charge in [-0.15, -0.1) is 0 Å². The van der Waals surface area contributed by atoms with E-state index in [9.17, 15) is 13.2 Å². The van der Waals surface area contributed by atoms with Gasteiger partial charge in [0.05, 0.1) is 23.7 Å². The second-order valence-electron chi connectivity index (χ2n) is 8.33. The van der Waals surface area contributed by atoms with Crippen LogP contribution < -0.4 is 14.4 Å². The zero-order valence-electron chi connectivity index (χ0n) is 19.4. The van der Waals surface area contributed by atoms with Crippen LogP contribution in [-0.4, -0.2) is 28.0 Å². The van der Waals surface area contributed by atoms with E-state index in [4.69, 9.17) is 4.74 Å². The molecule has 180 valence electrons. The lowest BCUT2D eigenvalue weighted by atomic mass is 9.97. The molecular weight excluding hydrogens is 516 g/mol. The number of hydrogen-bond acceptors (Lipinski definition) is 4. The molecule has 0 heterocycles. The zero-order chi connectivity index (χ0) is 24.7. The second kappa shape index (κ2) is 11.5. The van der Waals surface area contributed by atoms with Crippen molar-refractivity contribution in [1.29, 1.82) is 0 Å². The SMILES string of the molecule is COc1ccc([C@@H](CC(C)C)NC(=O)CN(c2cccc(Br)c2)S(=O)(=O)c2ccccc2)cc1. The fourth-order valence-corrected chi connectivity index (χ4v) is 5.44. The van der Waals surface area contributed by atoms with Gasteiger partial charge in [-0.3, -0.25) is 9.10 Å². The maximum Gasteiger partial charge on any atom is 0.264 e. The number of anilines is 1. The van der Waals surface area contributed by atoms with Gasteiger partial charge in [-0.1, -0.05) is 66.2 Å². The lowest BCUT2D eigenvalue weighted by molar-refractivity contribution is -0.120. The molecule has 1 atom stereocenters. The molecule has 0 aromatic heterocycles. The Labute approximate surface area is 210 Å². The van der Waals surface area contributed by atoms with Crippen molar-refractivity contribution in [3.63, 3.8) is 0 Å². The van der Waals surface area contributed by atoms with E-state index in [0.717, 1.165) is 20.1 Å². The van der Waals surface area contributed by atoms with E-state index < -0.39 is 10.0 Å². The van der Waals surface area contributed by atoms with Crippen molar-refractivity contribution in [3.8, 4) is 5.75 Å². The molecule has 0 fully saturated rings. The van der Waals surface area contributed by atoms with Crippen molar-refractivity contribution in [3.05, 3.63) is 88.9 Å². The molecule has 3 aromatic carbocycles. The Kier molecular flexibility index (Phi) is 8.74. The van der Waals surface area contributed by atoms with E-state index in [0.29, 0.717) is 18.0 Å². The minimum atomic E-state index is -3.96. The van der Waals surface area contributed by atoms with Crippen molar-refractivity contribution < 1.29 is 17.9 Å². The van der Waals surface area contributed by atoms with Gasteiger partial charge < -0.3 is 10.1 Å². The van der Waals surface area contributed by atoms with Gasteiger partial charge in [0.2, 0.25) is 5.91 Å². The van der Waals surface area contributed by atoms with Gasteiger partial charge in [-0.25, -0.2) is 8.42 Å². The van der Waals surface area contributed by atoms with Crippen LogP contribution in [-0.2, 0) is 14.8 Å². The van der Waals surface area contributed by atoms with E-state index in [-0.39, 0.29) is 23.4 Å². The van der Waals surface area contributed by atoms with Crippen molar-refractivity contribution in [1.82, 2.24) is 5.32 Å². The molecule has 34 heavy (non-hydrogen) atoms. The molecule has 0 saturated heterocycles. The summed E-state index contributed by atoms with van der Waals surface area (Å²) in [4.78, 5) is 13.3. The average Bonchev–Trinajstić information content (AvgIpc) is 2.82. The third-order valence-corrected chi connectivity index (χ3v) is 7.56. The number of ether oxygens (including phenoxy) is 1. The third kappa shape index (κ3) is 6.61. The first-order valence-electron chi connectivity index (χ1n) is 11.0. The molecule has 0 aliphatic rings. The van der Waals surface area contributed by atoms with Gasteiger partial charge in [0, 0.05) is 4.47 Å². The van der Waals surface area contributed by atoms with Crippen molar-refractivity contribution in [2.75, 3.05) is 18.0 Å². The first-order valence-corrected chi connectivity index (χ1v) is 13.2. The highest BCUT2D eigenvalue weighted by molar-refractivity contribution is 9.10. The molecule has 0 radical (unpaired) electrons. The standard InChI is InChI=1S/C26H29BrN2O4S/c1-19(2)16-25(20-12-14-23(33-3)15-13-20)28-26(30)18-29(22-9-7-8-21(27)17-22)34(31,32)24-10-5-4-6-11-24/h4-15,17,19,25H,16,18H2,1-3H3,(H,28,30)/t25-/m1/s1. The number of hydrogen-bond donors (Lipinski definition) is 1. The summed E-state index contributed by atoms with van der Waals surface area (Å²) < 4.78 is 34.1. The van der Waals surface area contributed by atoms with Crippen molar-refractivity contribution in [2.24, 2.45) is 5.92 Å². The molecule has 0 aliphatic carbocycles. The highest BCUT2D eigenvalue weighted by atomic mass is 79.9. The summed E-state index contributed by atoms with van der Waals surface area (Å²) in [7, 11) is -2.36. The van der Waals surface area contributed by atoms with Crippen LogP contribution in [0.25, 0.3) is 0 Å². The topological polar surface area (TPSA) is 75.7 Å². The number of carbonyl (C=O) groups excluding carboxylic acids is 1. The van der Waals surface area contributed by atoms with E-state index >= 15 is 0 Å². The Morgan fingerprint density at radius 2 is 1.68 bits per heavy atom. The van der Waals surface area contributed by atoms with Crippen LogP contribution in [0.15, 0.2) is 88.2 Å². The van der Waals surface area contributed by atoms with Gasteiger partial charge in [0.1, 0.15) is 12.3 Å². The first-order chi connectivity index (χ1) is 16.2. The second-order valence-corrected chi connectivity index (χ2v) is 11.1.